The maximum atomic E-state index is 12.0. The van der Waals surface area contributed by atoms with Gasteiger partial charge in [-0.15, -0.1) is 0 Å². The van der Waals surface area contributed by atoms with Crippen LogP contribution in [0, 0.1) is 0 Å². The molecule has 5 nitrogen and oxygen atoms in total. The molecular weight excluding hydrogens is 358 g/mol. The lowest BCUT2D eigenvalue weighted by Crippen LogP contribution is -2.33. The lowest BCUT2D eigenvalue weighted by molar-refractivity contribution is -0.117. The van der Waals surface area contributed by atoms with Crippen molar-refractivity contribution in [2.75, 3.05) is 18.8 Å². The van der Waals surface area contributed by atoms with Crippen LogP contribution in [0.3, 0.4) is 0 Å². The largest absolute Gasteiger partial charge is 0.435 e. The number of imide groups is 1. The van der Waals surface area contributed by atoms with Gasteiger partial charge in [0.25, 0.3) is 5.91 Å². The minimum atomic E-state index is -2.93. The van der Waals surface area contributed by atoms with E-state index in [1.165, 1.54) is 36.0 Å². The molecule has 2 amide bonds. The number of rotatable bonds is 7. The number of benzene rings is 1. The van der Waals surface area contributed by atoms with Gasteiger partial charge in [-0.1, -0.05) is 24.0 Å². The van der Waals surface area contributed by atoms with Gasteiger partial charge in [0, 0.05) is 18.7 Å². The molecule has 0 atom stereocenters. The number of alkyl halides is 2. The molecule has 0 bridgehead atoms. The summed E-state index contributed by atoms with van der Waals surface area (Å²) in [6, 6.07) is 5.06. The SMILES string of the molecule is CCN(CC)C(=S)SCC(=O)NC(=O)c1ccc(OC(F)F)cc1. The smallest absolute Gasteiger partial charge is 0.387 e. The van der Waals surface area contributed by atoms with Gasteiger partial charge < -0.3 is 9.64 Å². The highest BCUT2D eigenvalue weighted by atomic mass is 32.2. The fraction of sp³-hybridized carbons (Fsp3) is 0.400. The Bertz CT molecular complexity index is 579. The molecule has 0 aliphatic heterocycles. The summed E-state index contributed by atoms with van der Waals surface area (Å²) in [5, 5.41) is 2.22. The number of carbonyl (C=O) groups is 2. The van der Waals surface area contributed by atoms with E-state index in [1.54, 1.807) is 0 Å². The number of thioether (sulfide) groups is 1. The zero-order valence-electron chi connectivity index (χ0n) is 13.3. The molecule has 0 heterocycles. The number of nitrogens with one attached hydrogen (secondary N) is 1. The molecular formula is C15H18F2N2O3S2. The molecule has 1 rings (SSSR count). The van der Waals surface area contributed by atoms with Crippen LogP contribution in [0.1, 0.15) is 24.2 Å². The molecule has 0 aromatic heterocycles. The predicted molar refractivity (Wildman–Crippen MR) is 93.5 cm³/mol. The third kappa shape index (κ3) is 6.79. The van der Waals surface area contributed by atoms with E-state index in [2.05, 4.69) is 10.1 Å². The Morgan fingerprint density at radius 1 is 1.25 bits per heavy atom. The van der Waals surface area contributed by atoms with Gasteiger partial charge in [-0.2, -0.15) is 8.78 Å². The zero-order valence-corrected chi connectivity index (χ0v) is 14.9. The van der Waals surface area contributed by atoms with Crippen molar-refractivity contribution in [1.29, 1.82) is 0 Å². The second-order valence-corrected chi connectivity index (χ2v) is 6.12. The Kier molecular flexibility index (Phi) is 8.62. The molecule has 0 saturated heterocycles. The molecule has 0 spiro atoms. The Balaban J connectivity index is 2.49. The van der Waals surface area contributed by atoms with E-state index in [-0.39, 0.29) is 17.1 Å². The van der Waals surface area contributed by atoms with E-state index in [1.807, 2.05) is 18.7 Å². The summed E-state index contributed by atoms with van der Waals surface area (Å²) in [5.41, 5.74) is 0.168. The lowest BCUT2D eigenvalue weighted by atomic mass is 10.2. The maximum absolute atomic E-state index is 12.0. The van der Waals surface area contributed by atoms with Gasteiger partial charge in [0.05, 0.1) is 5.75 Å². The number of amides is 2. The zero-order chi connectivity index (χ0) is 18.1. The predicted octanol–water partition coefficient (Wildman–Crippen LogP) is 2.90. The Hall–Kier alpha value is -1.74. The molecule has 1 N–H and O–H groups in total. The van der Waals surface area contributed by atoms with E-state index in [0.29, 0.717) is 4.32 Å². The quantitative estimate of drug-likeness (QED) is 0.739. The van der Waals surface area contributed by atoms with E-state index < -0.39 is 18.4 Å². The van der Waals surface area contributed by atoms with Crippen LogP contribution >= 0.6 is 24.0 Å². The van der Waals surface area contributed by atoms with Gasteiger partial charge >= 0.3 is 6.61 Å². The monoisotopic (exact) mass is 376 g/mol. The summed E-state index contributed by atoms with van der Waals surface area (Å²) < 4.78 is 28.9. The number of hydrogen-bond acceptors (Lipinski definition) is 5. The lowest BCUT2D eigenvalue weighted by Gasteiger charge is -2.20. The minimum Gasteiger partial charge on any atom is -0.435 e. The molecule has 0 fully saturated rings. The second-order valence-electron chi connectivity index (χ2n) is 4.51. The molecule has 132 valence electrons. The van der Waals surface area contributed by atoms with Crippen LogP contribution in [-0.2, 0) is 4.79 Å². The van der Waals surface area contributed by atoms with Crippen LogP contribution in [0.15, 0.2) is 24.3 Å². The second kappa shape index (κ2) is 10.2. The van der Waals surface area contributed by atoms with Crippen molar-refractivity contribution in [1.82, 2.24) is 10.2 Å². The number of carbonyl (C=O) groups excluding carboxylic acids is 2. The fourth-order valence-corrected chi connectivity index (χ4v) is 2.93. The first-order valence-corrected chi connectivity index (χ1v) is 8.57. The van der Waals surface area contributed by atoms with E-state index >= 15 is 0 Å². The summed E-state index contributed by atoms with van der Waals surface area (Å²) in [7, 11) is 0. The molecule has 1 aromatic rings. The van der Waals surface area contributed by atoms with Crippen LogP contribution in [0.4, 0.5) is 8.78 Å². The summed E-state index contributed by atoms with van der Waals surface area (Å²) in [5.74, 6) is -1.13. The van der Waals surface area contributed by atoms with Gasteiger partial charge in [-0.25, -0.2) is 0 Å². The van der Waals surface area contributed by atoms with Gasteiger partial charge in [-0.05, 0) is 38.1 Å². The molecule has 24 heavy (non-hydrogen) atoms. The van der Waals surface area contributed by atoms with E-state index in [9.17, 15) is 18.4 Å². The Morgan fingerprint density at radius 2 is 1.83 bits per heavy atom. The summed E-state index contributed by atoms with van der Waals surface area (Å²) >= 11 is 6.37. The van der Waals surface area contributed by atoms with Gasteiger partial charge in [0.15, 0.2) is 0 Å². The first-order valence-electron chi connectivity index (χ1n) is 7.18. The summed E-state index contributed by atoms with van der Waals surface area (Å²) in [4.78, 5) is 25.6. The highest BCUT2D eigenvalue weighted by molar-refractivity contribution is 8.23. The molecule has 0 radical (unpaired) electrons. The van der Waals surface area contributed by atoms with Crippen LogP contribution in [0.2, 0.25) is 0 Å². The number of halogens is 2. The van der Waals surface area contributed by atoms with Crippen molar-refractivity contribution in [2.24, 2.45) is 0 Å². The number of hydrogen-bond donors (Lipinski definition) is 1. The average Bonchev–Trinajstić information content (AvgIpc) is 2.54. The molecule has 1 aromatic carbocycles. The minimum absolute atomic E-state index is 0.0215. The first kappa shape index (κ1) is 20.3. The van der Waals surface area contributed by atoms with Crippen LogP contribution < -0.4 is 10.1 Å². The molecule has 0 aliphatic carbocycles. The molecule has 0 unspecified atom stereocenters. The normalized spacial score (nSPS) is 10.4. The van der Waals surface area contributed by atoms with Crippen molar-refractivity contribution in [3.63, 3.8) is 0 Å². The van der Waals surface area contributed by atoms with Crippen molar-refractivity contribution in [2.45, 2.75) is 20.5 Å². The summed E-state index contributed by atoms with van der Waals surface area (Å²) in [6.07, 6.45) is 0. The topological polar surface area (TPSA) is 58.6 Å². The highest BCUT2D eigenvalue weighted by Crippen LogP contribution is 2.15. The van der Waals surface area contributed by atoms with Gasteiger partial charge in [0.2, 0.25) is 5.91 Å². The Labute approximate surface area is 148 Å². The van der Waals surface area contributed by atoms with Gasteiger partial charge in [-0.3, -0.25) is 14.9 Å². The number of thiocarbonyl (C=S) groups is 1. The van der Waals surface area contributed by atoms with Crippen molar-refractivity contribution in [3.05, 3.63) is 29.8 Å². The van der Waals surface area contributed by atoms with Crippen molar-refractivity contribution in [3.8, 4) is 5.75 Å². The fourth-order valence-electron chi connectivity index (χ4n) is 1.72. The molecule has 0 aliphatic rings. The molecule has 9 heteroatoms. The highest BCUT2D eigenvalue weighted by Gasteiger charge is 2.13. The van der Waals surface area contributed by atoms with Crippen LogP contribution in [0.25, 0.3) is 0 Å². The van der Waals surface area contributed by atoms with Gasteiger partial charge in [0.1, 0.15) is 10.1 Å². The van der Waals surface area contributed by atoms with Crippen molar-refractivity contribution < 1.29 is 23.1 Å². The van der Waals surface area contributed by atoms with E-state index in [4.69, 9.17) is 12.2 Å². The van der Waals surface area contributed by atoms with Crippen molar-refractivity contribution >= 4 is 40.1 Å². The first-order chi connectivity index (χ1) is 11.4. The standard InChI is InChI=1S/C15H18F2N2O3S2/c1-3-19(4-2)15(23)24-9-12(20)18-13(21)10-5-7-11(8-6-10)22-14(16)17/h5-8,14H,3-4,9H2,1-2H3,(H,18,20,21). The third-order valence-electron chi connectivity index (χ3n) is 2.94. The Morgan fingerprint density at radius 3 is 2.33 bits per heavy atom. The maximum Gasteiger partial charge on any atom is 0.387 e. The van der Waals surface area contributed by atoms with E-state index in [0.717, 1.165) is 13.1 Å². The summed E-state index contributed by atoms with van der Waals surface area (Å²) in [6.45, 7) is 2.48. The average molecular weight is 376 g/mol. The molecule has 0 saturated carbocycles. The van der Waals surface area contributed by atoms with Crippen LogP contribution in [0.5, 0.6) is 5.75 Å². The third-order valence-corrected chi connectivity index (χ3v) is 4.47. The number of nitrogens with zero attached hydrogens (tertiary/aromatic N) is 1. The number of ether oxygens (including phenoxy) is 1. The van der Waals surface area contributed by atoms with Crippen LogP contribution in [-0.4, -0.2) is 46.5 Å².